The summed E-state index contributed by atoms with van der Waals surface area (Å²) in [6.07, 6.45) is 1.04. The third-order valence-corrected chi connectivity index (χ3v) is 4.15. The van der Waals surface area contributed by atoms with Crippen LogP contribution in [-0.2, 0) is 9.59 Å². The van der Waals surface area contributed by atoms with Crippen LogP contribution < -0.4 is 5.32 Å². The SMILES string of the molecule is CCC(C)[C@H](NC(=O)CCSc1ccccc1)C(=O)O. The molecule has 1 rings (SSSR count). The first kappa shape index (κ1) is 16.6. The molecule has 1 unspecified atom stereocenters. The Hall–Kier alpha value is -1.49. The van der Waals surface area contributed by atoms with E-state index in [2.05, 4.69) is 5.32 Å². The maximum Gasteiger partial charge on any atom is 0.326 e. The summed E-state index contributed by atoms with van der Waals surface area (Å²) in [5, 5.41) is 11.7. The lowest BCUT2D eigenvalue weighted by atomic mass is 9.99. The molecule has 0 aliphatic carbocycles. The summed E-state index contributed by atoms with van der Waals surface area (Å²) < 4.78 is 0. The van der Waals surface area contributed by atoms with E-state index < -0.39 is 12.0 Å². The predicted octanol–water partition coefficient (Wildman–Crippen LogP) is 2.78. The van der Waals surface area contributed by atoms with E-state index in [9.17, 15) is 9.59 Å². The highest BCUT2D eigenvalue weighted by Gasteiger charge is 2.24. The molecule has 0 spiro atoms. The summed E-state index contributed by atoms with van der Waals surface area (Å²) in [5.74, 6) is -0.606. The second-order valence-corrected chi connectivity index (χ2v) is 5.85. The molecule has 0 fully saturated rings. The van der Waals surface area contributed by atoms with Gasteiger partial charge in [-0.1, -0.05) is 38.5 Å². The average Bonchev–Trinajstić information content (AvgIpc) is 2.45. The Labute approximate surface area is 124 Å². The van der Waals surface area contributed by atoms with Gasteiger partial charge in [-0.2, -0.15) is 0 Å². The van der Waals surface area contributed by atoms with Crippen LogP contribution in [0.1, 0.15) is 26.7 Å². The summed E-state index contributed by atoms with van der Waals surface area (Å²) in [6, 6.07) is 9.02. The number of nitrogens with one attached hydrogen (secondary N) is 1. The maximum atomic E-state index is 11.8. The monoisotopic (exact) mass is 295 g/mol. The van der Waals surface area contributed by atoms with Gasteiger partial charge in [0, 0.05) is 17.1 Å². The fraction of sp³-hybridized carbons (Fsp3) is 0.467. The quantitative estimate of drug-likeness (QED) is 0.724. The van der Waals surface area contributed by atoms with E-state index in [4.69, 9.17) is 5.11 Å². The molecule has 1 aromatic carbocycles. The largest absolute Gasteiger partial charge is 0.480 e. The van der Waals surface area contributed by atoms with Gasteiger partial charge in [0.1, 0.15) is 6.04 Å². The zero-order valence-electron chi connectivity index (χ0n) is 11.8. The van der Waals surface area contributed by atoms with Crippen molar-refractivity contribution in [3.8, 4) is 0 Å². The van der Waals surface area contributed by atoms with Crippen LogP contribution in [0.3, 0.4) is 0 Å². The third kappa shape index (κ3) is 5.65. The Morgan fingerprint density at radius 3 is 2.50 bits per heavy atom. The summed E-state index contributed by atoms with van der Waals surface area (Å²) >= 11 is 1.59. The second-order valence-electron chi connectivity index (χ2n) is 4.68. The van der Waals surface area contributed by atoms with Crippen molar-refractivity contribution in [1.29, 1.82) is 0 Å². The molecule has 0 saturated heterocycles. The Balaban J connectivity index is 2.37. The first-order chi connectivity index (χ1) is 9.54. The van der Waals surface area contributed by atoms with Crippen LogP contribution in [0, 0.1) is 5.92 Å². The van der Waals surface area contributed by atoms with Crippen LogP contribution in [0.5, 0.6) is 0 Å². The molecule has 0 aliphatic heterocycles. The van der Waals surface area contributed by atoms with E-state index >= 15 is 0 Å². The number of carboxylic acids is 1. The van der Waals surface area contributed by atoms with Crippen molar-refractivity contribution in [2.75, 3.05) is 5.75 Å². The maximum absolute atomic E-state index is 11.8. The molecular weight excluding hydrogens is 274 g/mol. The number of benzene rings is 1. The number of rotatable bonds is 8. The lowest BCUT2D eigenvalue weighted by Crippen LogP contribution is -2.45. The fourth-order valence-corrected chi connectivity index (χ4v) is 2.58. The van der Waals surface area contributed by atoms with E-state index in [1.165, 1.54) is 0 Å². The van der Waals surface area contributed by atoms with Gasteiger partial charge in [0.2, 0.25) is 5.91 Å². The molecule has 2 N–H and O–H groups in total. The Morgan fingerprint density at radius 2 is 1.95 bits per heavy atom. The van der Waals surface area contributed by atoms with Crippen LogP contribution in [-0.4, -0.2) is 28.8 Å². The van der Waals surface area contributed by atoms with Crippen molar-refractivity contribution in [1.82, 2.24) is 5.32 Å². The minimum atomic E-state index is -0.969. The number of carbonyl (C=O) groups excluding carboxylic acids is 1. The topological polar surface area (TPSA) is 66.4 Å². The first-order valence-corrected chi connectivity index (χ1v) is 7.73. The molecule has 0 aliphatic rings. The number of thioether (sulfide) groups is 1. The number of amides is 1. The molecule has 20 heavy (non-hydrogen) atoms. The highest BCUT2D eigenvalue weighted by Crippen LogP contribution is 2.17. The van der Waals surface area contributed by atoms with Crippen molar-refractivity contribution in [3.05, 3.63) is 30.3 Å². The molecule has 0 bridgehead atoms. The fourth-order valence-electron chi connectivity index (χ4n) is 1.71. The Bertz CT molecular complexity index is 436. The Morgan fingerprint density at radius 1 is 1.30 bits per heavy atom. The van der Waals surface area contributed by atoms with Crippen LogP contribution in [0.4, 0.5) is 0 Å². The van der Waals surface area contributed by atoms with Gasteiger partial charge in [0.25, 0.3) is 0 Å². The molecule has 1 aromatic rings. The number of aliphatic carboxylic acids is 1. The van der Waals surface area contributed by atoms with Crippen molar-refractivity contribution in [2.45, 2.75) is 37.6 Å². The summed E-state index contributed by atoms with van der Waals surface area (Å²) in [7, 11) is 0. The van der Waals surface area contributed by atoms with Gasteiger partial charge >= 0.3 is 5.97 Å². The van der Waals surface area contributed by atoms with Crippen LogP contribution in [0.15, 0.2) is 35.2 Å². The minimum Gasteiger partial charge on any atom is -0.480 e. The first-order valence-electron chi connectivity index (χ1n) is 6.74. The molecule has 0 heterocycles. The molecule has 110 valence electrons. The van der Waals surface area contributed by atoms with Crippen molar-refractivity contribution < 1.29 is 14.7 Å². The van der Waals surface area contributed by atoms with E-state index in [0.29, 0.717) is 12.2 Å². The average molecular weight is 295 g/mol. The summed E-state index contributed by atoms with van der Waals surface area (Å²) in [6.45, 7) is 3.75. The number of carboxylic acid groups (broad SMARTS) is 1. The number of hydrogen-bond acceptors (Lipinski definition) is 3. The predicted molar refractivity (Wildman–Crippen MR) is 80.8 cm³/mol. The molecule has 5 heteroatoms. The lowest BCUT2D eigenvalue weighted by molar-refractivity contribution is -0.143. The van der Waals surface area contributed by atoms with Crippen molar-refractivity contribution in [2.24, 2.45) is 5.92 Å². The molecule has 1 amide bonds. The standard InChI is InChI=1S/C15H21NO3S/c1-3-11(2)14(15(18)19)16-13(17)9-10-20-12-7-5-4-6-8-12/h4-8,11,14H,3,9-10H2,1-2H3,(H,16,17)(H,18,19)/t11?,14-/m0/s1. The number of carbonyl (C=O) groups is 2. The lowest BCUT2D eigenvalue weighted by Gasteiger charge is -2.20. The zero-order chi connectivity index (χ0) is 15.0. The zero-order valence-corrected chi connectivity index (χ0v) is 12.7. The van der Waals surface area contributed by atoms with E-state index in [1.54, 1.807) is 11.8 Å². The Kier molecular flexibility index (Phi) is 7.15. The van der Waals surface area contributed by atoms with Gasteiger partial charge in [-0.05, 0) is 18.1 Å². The molecule has 0 radical (unpaired) electrons. The van der Waals surface area contributed by atoms with Gasteiger partial charge in [-0.3, -0.25) is 4.79 Å². The minimum absolute atomic E-state index is 0.0711. The van der Waals surface area contributed by atoms with Crippen molar-refractivity contribution in [3.63, 3.8) is 0 Å². The third-order valence-electron chi connectivity index (χ3n) is 3.14. The van der Waals surface area contributed by atoms with Crippen LogP contribution >= 0.6 is 11.8 Å². The van der Waals surface area contributed by atoms with Gasteiger partial charge < -0.3 is 10.4 Å². The molecule has 0 aromatic heterocycles. The van der Waals surface area contributed by atoms with Gasteiger partial charge in [-0.15, -0.1) is 11.8 Å². The molecule has 4 nitrogen and oxygen atoms in total. The van der Waals surface area contributed by atoms with Gasteiger partial charge in [0.05, 0.1) is 0 Å². The molecular formula is C15H21NO3S. The normalized spacial score (nSPS) is 13.5. The summed E-state index contributed by atoms with van der Waals surface area (Å²) in [4.78, 5) is 24.0. The van der Waals surface area contributed by atoms with Crippen LogP contribution in [0.25, 0.3) is 0 Å². The van der Waals surface area contributed by atoms with Crippen LogP contribution in [0.2, 0.25) is 0 Å². The highest BCUT2D eigenvalue weighted by molar-refractivity contribution is 7.99. The molecule has 2 atom stereocenters. The van der Waals surface area contributed by atoms with Crippen molar-refractivity contribution >= 4 is 23.6 Å². The highest BCUT2D eigenvalue weighted by atomic mass is 32.2. The van der Waals surface area contributed by atoms with E-state index in [1.807, 2.05) is 44.2 Å². The smallest absolute Gasteiger partial charge is 0.326 e. The van der Waals surface area contributed by atoms with Gasteiger partial charge in [0.15, 0.2) is 0 Å². The second kappa shape index (κ2) is 8.64. The van der Waals surface area contributed by atoms with E-state index in [-0.39, 0.29) is 11.8 Å². The van der Waals surface area contributed by atoms with E-state index in [0.717, 1.165) is 11.3 Å². The summed E-state index contributed by atoms with van der Waals surface area (Å²) in [5.41, 5.74) is 0. The van der Waals surface area contributed by atoms with Gasteiger partial charge in [-0.25, -0.2) is 4.79 Å². The number of hydrogen-bond donors (Lipinski definition) is 2. The molecule has 0 saturated carbocycles.